The normalized spacial score (nSPS) is 12.5. The van der Waals surface area contributed by atoms with Crippen LogP contribution in [0.2, 0.25) is 0 Å². The quantitative estimate of drug-likeness (QED) is 0.671. The molecule has 0 aromatic carbocycles. The molecule has 0 aliphatic carbocycles. The van der Waals surface area contributed by atoms with E-state index in [1.54, 1.807) is 6.92 Å². The standard InChI is InChI=1S/C6H10Cl4O/c1-6(9,10)4-11-5(2-7)3-8/h5H,2-4H2,1H3. The molecule has 0 spiro atoms. The Bertz CT molecular complexity index is 97.2. The van der Waals surface area contributed by atoms with Gasteiger partial charge < -0.3 is 4.74 Å². The Morgan fingerprint density at radius 3 is 2.00 bits per heavy atom. The SMILES string of the molecule is CC(Cl)(Cl)COC(CCl)CCl. The monoisotopic (exact) mass is 238 g/mol. The number of halogens is 4. The number of ether oxygens (including phenoxy) is 1. The molecule has 0 bridgehead atoms. The largest absolute Gasteiger partial charge is 0.373 e. The van der Waals surface area contributed by atoms with Crippen LogP contribution in [0.3, 0.4) is 0 Å². The molecule has 0 unspecified atom stereocenters. The van der Waals surface area contributed by atoms with E-state index in [4.69, 9.17) is 51.1 Å². The summed E-state index contributed by atoms with van der Waals surface area (Å²) in [5.41, 5.74) is 0. The maximum atomic E-state index is 5.65. The first-order chi connectivity index (χ1) is 4.99. The van der Waals surface area contributed by atoms with Gasteiger partial charge in [-0.15, -0.1) is 23.2 Å². The fraction of sp³-hybridized carbons (Fsp3) is 1.00. The van der Waals surface area contributed by atoms with E-state index in [1.807, 2.05) is 0 Å². The van der Waals surface area contributed by atoms with Crippen molar-refractivity contribution in [3.05, 3.63) is 0 Å². The van der Waals surface area contributed by atoms with E-state index in [0.29, 0.717) is 11.8 Å². The van der Waals surface area contributed by atoms with Crippen LogP contribution in [-0.4, -0.2) is 28.8 Å². The first kappa shape index (κ1) is 12.1. The molecular weight excluding hydrogens is 230 g/mol. The van der Waals surface area contributed by atoms with E-state index in [2.05, 4.69) is 0 Å². The van der Waals surface area contributed by atoms with Gasteiger partial charge in [-0.1, -0.05) is 23.2 Å². The zero-order valence-electron chi connectivity index (χ0n) is 6.12. The maximum absolute atomic E-state index is 5.65. The van der Waals surface area contributed by atoms with E-state index in [-0.39, 0.29) is 12.7 Å². The van der Waals surface area contributed by atoms with Crippen molar-refractivity contribution in [2.24, 2.45) is 0 Å². The number of hydrogen-bond acceptors (Lipinski definition) is 1. The summed E-state index contributed by atoms with van der Waals surface area (Å²) >= 11 is 22.3. The zero-order valence-corrected chi connectivity index (χ0v) is 9.14. The van der Waals surface area contributed by atoms with Gasteiger partial charge in [-0.25, -0.2) is 0 Å². The van der Waals surface area contributed by atoms with Gasteiger partial charge in [0.25, 0.3) is 0 Å². The van der Waals surface area contributed by atoms with Gasteiger partial charge in [0.15, 0.2) is 0 Å². The van der Waals surface area contributed by atoms with Crippen LogP contribution in [0.25, 0.3) is 0 Å². The van der Waals surface area contributed by atoms with Crippen LogP contribution in [-0.2, 0) is 4.74 Å². The lowest BCUT2D eigenvalue weighted by Gasteiger charge is -2.17. The molecule has 5 heteroatoms. The summed E-state index contributed by atoms with van der Waals surface area (Å²) in [6, 6.07) is 0. The van der Waals surface area contributed by atoms with Crippen LogP contribution in [0.15, 0.2) is 0 Å². The summed E-state index contributed by atoms with van der Waals surface area (Å²) in [6.45, 7) is 1.88. The Hall–Kier alpha value is 1.12. The third-order valence-corrected chi connectivity index (χ3v) is 1.82. The average molecular weight is 240 g/mol. The molecule has 0 saturated carbocycles. The molecule has 0 aromatic rings. The summed E-state index contributed by atoms with van der Waals surface area (Å²) in [4.78, 5) is 0. The summed E-state index contributed by atoms with van der Waals surface area (Å²) in [7, 11) is 0. The highest BCUT2D eigenvalue weighted by Crippen LogP contribution is 2.20. The first-order valence-corrected chi connectivity index (χ1v) is 4.93. The molecule has 0 N–H and O–H groups in total. The number of alkyl halides is 4. The Morgan fingerprint density at radius 2 is 1.73 bits per heavy atom. The summed E-state index contributed by atoms with van der Waals surface area (Å²) in [5.74, 6) is 0.709. The van der Waals surface area contributed by atoms with Gasteiger partial charge in [-0.3, -0.25) is 0 Å². The van der Waals surface area contributed by atoms with Gasteiger partial charge in [-0.05, 0) is 6.92 Å². The van der Waals surface area contributed by atoms with E-state index < -0.39 is 4.33 Å². The molecule has 0 saturated heterocycles. The zero-order chi connectivity index (χ0) is 8.91. The molecule has 0 fully saturated rings. The minimum absolute atomic E-state index is 0.171. The van der Waals surface area contributed by atoms with Crippen molar-refractivity contribution >= 4 is 46.4 Å². The van der Waals surface area contributed by atoms with Crippen LogP contribution in [0.4, 0.5) is 0 Å². The van der Waals surface area contributed by atoms with Crippen molar-refractivity contribution in [2.75, 3.05) is 18.4 Å². The van der Waals surface area contributed by atoms with Gasteiger partial charge in [0, 0.05) is 11.8 Å². The van der Waals surface area contributed by atoms with Gasteiger partial charge in [0.1, 0.15) is 4.33 Å². The molecule has 0 heterocycles. The summed E-state index contributed by atoms with van der Waals surface area (Å²) in [5, 5.41) is 0. The number of rotatable bonds is 5. The molecule has 0 amide bonds. The van der Waals surface area contributed by atoms with Crippen LogP contribution in [0.1, 0.15) is 6.92 Å². The Balaban J connectivity index is 3.51. The third-order valence-electron chi connectivity index (χ3n) is 0.917. The predicted octanol–water partition coefficient (Wildman–Crippen LogP) is 3.04. The van der Waals surface area contributed by atoms with Crippen LogP contribution < -0.4 is 0 Å². The minimum atomic E-state index is -0.865. The highest BCUT2D eigenvalue weighted by atomic mass is 35.5. The fourth-order valence-corrected chi connectivity index (χ4v) is 1.03. The van der Waals surface area contributed by atoms with E-state index in [1.165, 1.54) is 0 Å². The fourth-order valence-electron chi connectivity index (χ4n) is 0.395. The predicted molar refractivity (Wildman–Crippen MR) is 51.3 cm³/mol. The maximum Gasteiger partial charge on any atom is 0.138 e. The van der Waals surface area contributed by atoms with Crippen LogP contribution in [0, 0.1) is 0 Å². The van der Waals surface area contributed by atoms with Crippen LogP contribution >= 0.6 is 46.4 Å². The molecular formula is C6H10Cl4O. The molecule has 0 aromatic heterocycles. The molecule has 0 radical (unpaired) electrons. The topological polar surface area (TPSA) is 9.23 Å². The van der Waals surface area contributed by atoms with Crippen molar-refractivity contribution in [1.29, 1.82) is 0 Å². The summed E-state index contributed by atoms with van der Waals surface area (Å²) < 4.78 is 4.31. The second kappa shape index (κ2) is 5.71. The average Bonchev–Trinajstić information content (AvgIpc) is 1.88. The molecule has 0 aliphatic heterocycles. The Kier molecular flexibility index (Phi) is 6.29. The van der Waals surface area contributed by atoms with Gasteiger partial charge >= 0.3 is 0 Å². The highest BCUT2D eigenvalue weighted by molar-refractivity contribution is 6.48. The molecule has 68 valence electrons. The minimum Gasteiger partial charge on any atom is -0.373 e. The van der Waals surface area contributed by atoms with E-state index >= 15 is 0 Å². The molecule has 0 aliphatic rings. The number of hydrogen-bond donors (Lipinski definition) is 0. The van der Waals surface area contributed by atoms with Crippen molar-refractivity contribution in [2.45, 2.75) is 17.4 Å². The molecule has 11 heavy (non-hydrogen) atoms. The smallest absolute Gasteiger partial charge is 0.138 e. The lowest BCUT2D eigenvalue weighted by atomic mass is 10.4. The van der Waals surface area contributed by atoms with Gasteiger partial charge in [0.2, 0.25) is 0 Å². The van der Waals surface area contributed by atoms with Crippen LogP contribution in [0.5, 0.6) is 0 Å². The van der Waals surface area contributed by atoms with E-state index in [9.17, 15) is 0 Å². The summed E-state index contributed by atoms with van der Waals surface area (Å²) in [6.07, 6.45) is -0.171. The molecule has 0 atom stereocenters. The van der Waals surface area contributed by atoms with Crippen molar-refractivity contribution in [3.63, 3.8) is 0 Å². The van der Waals surface area contributed by atoms with Gasteiger partial charge in [-0.2, -0.15) is 0 Å². The second-order valence-electron chi connectivity index (χ2n) is 2.31. The molecule has 1 nitrogen and oxygen atoms in total. The highest BCUT2D eigenvalue weighted by Gasteiger charge is 2.18. The third kappa shape index (κ3) is 7.48. The Morgan fingerprint density at radius 1 is 1.27 bits per heavy atom. The van der Waals surface area contributed by atoms with Crippen molar-refractivity contribution < 1.29 is 4.74 Å². The van der Waals surface area contributed by atoms with Crippen molar-refractivity contribution in [1.82, 2.24) is 0 Å². The Labute approximate surface area is 86.9 Å². The lowest BCUT2D eigenvalue weighted by molar-refractivity contribution is 0.0798. The van der Waals surface area contributed by atoms with E-state index in [0.717, 1.165) is 0 Å². The first-order valence-electron chi connectivity index (χ1n) is 3.11. The van der Waals surface area contributed by atoms with Gasteiger partial charge in [0.05, 0.1) is 12.7 Å². The second-order valence-corrected chi connectivity index (χ2v) is 4.79. The lowest BCUT2D eigenvalue weighted by Crippen LogP contribution is -2.24. The van der Waals surface area contributed by atoms with Crippen molar-refractivity contribution in [3.8, 4) is 0 Å². The molecule has 0 rings (SSSR count).